The maximum Gasteiger partial charge on any atom is 0.251 e. The van der Waals surface area contributed by atoms with E-state index in [9.17, 15) is 4.79 Å². The normalized spacial score (nSPS) is 12.5. The molecule has 0 bridgehead atoms. The van der Waals surface area contributed by atoms with Gasteiger partial charge >= 0.3 is 0 Å². The summed E-state index contributed by atoms with van der Waals surface area (Å²) in [5.41, 5.74) is 0. The SMILES string of the molecule is CCCCOC(C)C(=O)N(C)CCNC. The van der Waals surface area contributed by atoms with E-state index in [2.05, 4.69) is 12.2 Å². The third-order valence-corrected chi connectivity index (χ3v) is 2.29. The van der Waals surface area contributed by atoms with Crippen LogP contribution >= 0.6 is 0 Å². The van der Waals surface area contributed by atoms with Gasteiger partial charge in [0.15, 0.2) is 0 Å². The lowest BCUT2D eigenvalue weighted by molar-refractivity contribution is -0.141. The summed E-state index contributed by atoms with van der Waals surface area (Å²) in [5.74, 6) is 0.0568. The van der Waals surface area contributed by atoms with Crippen molar-refractivity contribution in [2.75, 3.05) is 33.8 Å². The third kappa shape index (κ3) is 6.47. The van der Waals surface area contributed by atoms with Gasteiger partial charge in [0.2, 0.25) is 0 Å². The molecule has 0 aromatic heterocycles. The summed E-state index contributed by atoms with van der Waals surface area (Å²) in [4.78, 5) is 13.4. The molecule has 0 saturated carbocycles. The molecule has 1 amide bonds. The highest BCUT2D eigenvalue weighted by atomic mass is 16.5. The zero-order chi connectivity index (χ0) is 11.7. The number of nitrogens with zero attached hydrogens (tertiary/aromatic N) is 1. The minimum Gasteiger partial charge on any atom is -0.369 e. The minimum atomic E-state index is -0.321. The van der Waals surface area contributed by atoms with Crippen molar-refractivity contribution in [2.24, 2.45) is 0 Å². The topological polar surface area (TPSA) is 41.6 Å². The first kappa shape index (κ1) is 14.4. The van der Waals surface area contributed by atoms with Crippen LogP contribution in [0, 0.1) is 0 Å². The number of carbonyl (C=O) groups excluding carboxylic acids is 1. The van der Waals surface area contributed by atoms with Crippen molar-refractivity contribution in [2.45, 2.75) is 32.8 Å². The summed E-state index contributed by atoms with van der Waals surface area (Å²) in [6.07, 6.45) is 1.78. The fourth-order valence-corrected chi connectivity index (χ4v) is 1.18. The van der Waals surface area contributed by atoms with E-state index in [1.807, 2.05) is 14.0 Å². The van der Waals surface area contributed by atoms with Gasteiger partial charge in [0.25, 0.3) is 5.91 Å². The summed E-state index contributed by atoms with van der Waals surface area (Å²) >= 11 is 0. The van der Waals surface area contributed by atoms with Gasteiger partial charge in [-0.05, 0) is 20.4 Å². The fourth-order valence-electron chi connectivity index (χ4n) is 1.18. The van der Waals surface area contributed by atoms with Gasteiger partial charge in [-0.15, -0.1) is 0 Å². The first-order valence-corrected chi connectivity index (χ1v) is 5.64. The quantitative estimate of drug-likeness (QED) is 0.612. The molecule has 1 atom stereocenters. The van der Waals surface area contributed by atoms with Crippen molar-refractivity contribution in [1.29, 1.82) is 0 Å². The number of hydrogen-bond donors (Lipinski definition) is 1. The summed E-state index contributed by atoms with van der Waals surface area (Å²) in [7, 11) is 3.68. The van der Waals surface area contributed by atoms with Crippen LogP contribution in [0.25, 0.3) is 0 Å². The zero-order valence-corrected chi connectivity index (χ0v) is 10.4. The third-order valence-electron chi connectivity index (χ3n) is 2.29. The van der Waals surface area contributed by atoms with Crippen LogP contribution in [0.2, 0.25) is 0 Å². The number of amides is 1. The fraction of sp³-hybridized carbons (Fsp3) is 0.909. The van der Waals surface area contributed by atoms with Crippen molar-refractivity contribution in [3.63, 3.8) is 0 Å². The van der Waals surface area contributed by atoms with Gasteiger partial charge in [-0.3, -0.25) is 4.79 Å². The molecule has 1 N–H and O–H groups in total. The van der Waals surface area contributed by atoms with Gasteiger partial charge in [-0.2, -0.15) is 0 Å². The molecule has 0 aromatic rings. The number of likely N-dealkylation sites (N-methyl/N-ethyl adjacent to an activating group) is 2. The van der Waals surface area contributed by atoms with Crippen LogP contribution in [0.15, 0.2) is 0 Å². The number of hydrogen-bond acceptors (Lipinski definition) is 3. The average molecular weight is 216 g/mol. The Morgan fingerprint density at radius 2 is 2.20 bits per heavy atom. The first-order chi connectivity index (χ1) is 7.13. The van der Waals surface area contributed by atoms with Crippen LogP contribution in [-0.4, -0.2) is 50.7 Å². The van der Waals surface area contributed by atoms with Crippen LogP contribution in [0.1, 0.15) is 26.7 Å². The van der Waals surface area contributed by atoms with E-state index in [-0.39, 0.29) is 12.0 Å². The van der Waals surface area contributed by atoms with Gasteiger partial charge in [0.05, 0.1) is 0 Å². The number of nitrogens with one attached hydrogen (secondary N) is 1. The summed E-state index contributed by atoms with van der Waals surface area (Å²) in [6, 6.07) is 0. The average Bonchev–Trinajstić information content (AvgIpc) is 2.24. The molecule has 0 rings (SSSR count). The summed E-state index contributed by atoms with van der Waals surface area (Å²) < 4.78 is 5.43. The Labute approximate surface area is 93.0 Å². The van der Waals surface area contributed by atoms with E-state index in [0.717, 1.165) is 25.9 Å². The number of unbranched alkanes of at least 4 members (excludes halogenated alkanes) is 1. The minimum absolute atomic E-state index is 0.0568. The largest absolute Gasteiger partial charge is 0.369 e. The lowest BCUT2D eigenvalue weighted by atomic mass is 10.3. The Morgan fingerprint density at radius 1 is 1.53 bits per heavy atom. The second kappa shape index (κ2) is 8.68. The maximum atomic E-state index is 11.7. The molecule has 0 saturated heterocycles. The highest BCUT2D eigenvalue weighted by Gasteiger charge is 2.16. The number of ether oxygens (including phenoxy) is 1. The molecular formula is C11H24N2O2. The smallest absolute Gasteiger partial charge is 0.251 e. The van der Waals surface area contributed by atoms with Gasteiger partial charge in [-0.1, -0.05) is 13.3 Å². The Bertz CT molecular complexity index is 174. The molecule has 0 heterocycles. The number of carbonyl (C=O) groups is 1. The Kier molecular flexibility index (Phi) is 8.33. The van der Waals surface area contributed by atoms with Crippen LogP contribution in [-0.2, 0) is 9.53 Å². The lowest BCUT2D eigenvalue weighted by Crippen LogP contribution is -2.39. The summed E-state index contributed by atoms with van der Waals surface area (Å²) in [6.45, 7) is 6.12. The monoisotopic (exact) mass is 216 g/mol. The lowest BCUT2D eigenvalue weighted by Gasteiger charge is -2.21. The van der Waals surface area contributed by atoms with E-state index in [1.54, 1.807) is 11.9 Å². The van der Waals surface area contributed by atoms with Crippen molar-refractivity contribution >= 4 is 5.91 Å². The molecule has 0 fully saturated rings. The zero-order valence-electron chi connectivity index (χ0n) is 10.4. The van der Waals surface area contributed by atoms with Crippen LogP contribution < -0.4 is 5.32 Å². The van der Waals surface area contributed by atoms with E-state index in [4.69, 9.17) is 4.74 Å². The first-order valence-electron chi connectivity index (χ1n) is 5.64. The molecule has 0 aliphatic carbocycles. The second-order valence-electron chi connectivity index (χ2n) is 3.73. The predicted octanol–water partition coefficient (Wildman–Crippen LogP) is 0.869. The highest BCUT2D eigenvalue weighted by Crippen LogP contribution is 1.99. The molecule has 1 unspecified atom stereocenters. The Hall–Kier alpha value is -0.610. The molecule has 15 heavy (non-hydrogen) atoms. The van der Waals surface area contributed by atoms with Gasteiger partial charge < -0.3 is 15.0 Å². The Balaban J connectivity index is 3.75. The molecule has 4 nitrogen and oxygen atoms in total. The van der Waals surface area contributed by atoms with Crippen molar-refractivity contribution < 1.29 is 9.53 Å². The van der Waals surface area contributed by atoms with Gasteiger partial charge in [-0.25, -0.2) is 0 Å². The molecule has 0 aliphatic rings. The molecule has 0 radical (unpaired) electrons. The summed E-state index contributed by atoms with van der Waals surface area (Å²) in [5, 5.41) is 3.01. The molecule has 4 heteroatoms. The van der Waals surface area contributed by atoms with E-state index >= 15 is 0 Å². The molecule has 0 aromatic carbocycles. The molecule has 90 valence electrons. The van der Waals surface area contributed by atoms with Gasteiger partial charge in [0, 0.05) is 26.7 Å². The number of rotatable bonds is 8. The van der Waals surface area contributed by atoms with Crippen LogP contribution in [0.4, 0.5) is 0 Å². The van der Waals surface area contributed by atoms with Gasteiger partial charge in [0.1, 0.15) is 6.10 Å². The van der Waals surface area contributed by atoms with E-state index in [1.165, 1.54) is 0 Å². The predicted molar refractivity (Wildman–Crippen MR) is 61.9 cm³/mol. The van der Waals surface area contributed by atoms with Crippen LogP contribution in [0.3, 0.4) is 0 Å². The molecule has 0 aliphatic heterocycles. The second-order valence-corrected chi connectivity index (χ2v) is 3.73. The molecular weight excluding hydrogens is 192 g/mol. The van der Waals surface area contributed by atoms with E-state index in [0.29, 0.717) is 6.61 Å². The molecule has 0 spiro atoms. The highest BCUT2D eigenvalue weighted by molar-refractivity contribution is 5.80. The maximum absolute atomic E-state index is 11.7. The standard InChI is InChI=1S/C11H24N2O2/c1-5-6-9-15-10(2)11(14)13(4)8-7-12-3/h10,12H,5-9H2,1-4H3. The van der Waals surface area contributed by atoms with Crippen molar-refractivity contribution in [3.8, 4) is 0 Å². The van der Waals surface area contributed by atoms with Crippen LogP contribution in [0.5, 0.6) is 0 Å². The van der Waals surface area contributed by atoms with Crippen molar-refractivity contribution in [3.05, 3.63) is 0 Å². The Morgan fingerprint density at radius 3 is 2.73 bits per heavy atom. The van der Waals surface area contributed by atoms with Crippen molar-refractivity contribution in [1.82, 2.24) is 10.2 Å². The van der Waals surface area contributed by atoms with E-state index < -0.39 is 0 Å².